The van der Waals surface area contributed by atoms with E-state index < -0.39 is 6.10 Å². The van der Waals surface area contributed by atoms with E-state index in [2.05, 4.69) is 5.32 Å². The number of rotatable bonds is 5. The van der Waals surface area contributed by atoms with Gasteiger partial charge in [0, 0.05) is 18.0 Å². The summed E-state index contributed by atoms with van der Waals surface area (Å²) >= 11 is 0. The van der Waals surface area contributed by atoms with Crippen LogP contribution >= 0.6 is 0 Å². The molecule has 2 atom stereocenters. The maximum atomic E-state index is 11.6. The summed E-state index contributed by atoms with van der Waals surface area (Å²) in [4.78, 5) is 11.6. The van der Waals surface area contributed by atoms with Gasteiger partial charge in [0.25, 0.3) is 0 Å². The molecule has 2 unspecified atom stereocenters. The molecule has 4 nitrogen and oxygen atoms in total. The van der Waals surface area contributed by atoms with Crippen molar-refractivity contribution in [3.8, 4) is 0 Å². The zero-order valence-electron chi connectivity index (χ0n) is 10.4. The van der Waals surface area contributed by atoms with E-state index in [-0.39, 0.29) is 11.9 Å². The highest BCUT2D eigenvalue weighted by atomic mass is 16.4. The van der Waals surface area contributed by atoms with Gasteiger partial charge in [0.15, 0.2) is 0 Å². The van der Waals surface area contributed by atoms with E-state index in [1.807, 2.05) is 13.8 Å². The topological polar surface area (TPSA) is 62.5 Å². The molecule has 0 fully saturated rings. The van der Waals surface area contributed by atoms with Gasteiger partial charge in [-0.05, 0) is 32.9 Å². The van der Waals surface area contributed by atoms with E-state index in [1.165, 1.54) is 6.26 Å². The second kappa shape index (κ2) is 6.25. The second-order valence-electron chi connectivity index (χ2n) is 4.11. The summed E-state index contributed by atoms with van der Waals surface area (Å²) in [5, 5.41) is 12.6. The van der Waals surface area contributed by atoms with Gasteiger partial charge < -0.3 is 14.8 Å². The van der Waals surface area contributed by atoms with Gasteiger partial charge in [-0.3, -0.25) is 4.79 Å². The molecule has 0 radical (unpaired) electrons. The number of nitrogens with one attached hydrogen (secondary N) is 1. The van der Waals surface area contributed by atoms with Crippen molar-refractivity contribution in [2.75, 3.05) is 0 Å². The average molecular weight is 237 g/mol. The van der Waals surface area contributed by atoms with Crippen LogP contribution in [0.4, 0.5) is 0 Å². The van der Waals surface area contributed by atoms with Gasteiger partial charge in [-0.1, -0.05) is 6.08 Å². The van der Waals surface area contributed by atoms with E-state index >= 15 is 0 Å². The SMILES string of the molecule is C/C=C(/C)C(=O)NC(C)CC(O)c1ccco1. The first-order valence-corrected chi connectivity index (χ1v) is 5.69. The Bertz CT molecular complexity index is 381. The molecule has 0 aliphatic heterocycles. The fourth-order valence-corrected chi connectivity index (χ4v) is 1.46. The van der Waals surface area contributed by atoms with Crippen LogP contribution in [0.25, 0.3) is 0 Å². The van der Waals surface area contributed by atoms with Crippen LogP contribution < -0.4 is 5.32 Å². The molecule has 0 saturated heterocycles. The Balaban J connectivity index is 2.45. The molecular weight excluding hydrogens is 218 g/mol. The summed E-state index contributed by atoms with van der Waals surface area (Å²) in [5.74, 6) is 0.417. The molecule has 0 saturated carbocycles. The number of aliphatic hydroxyl groups excluding tert-OH is 1. The van der Waals surface area contributed by atoms with E-state index in [0.29, 0.717) is 17.8 Å². The van der Waals surface area contributed by atoms with Crippen molar-refractivity contribution < 1.29 is 14.3 Å². The Morgan fingerprint density at radius 3 is 2.88 bits per heavy atom. The molecule has 1 aromatic rings. The van der Waals surface area contributed by atoms with Crippen molar-refractivity contribution in [3.63, 3.8) is 0 Å². The Kier molecular flexibility index (Phi) is 4.97. The molecular formula is C13H19NO3. The number of furan rings is 1. The summed E-state index contributed by atoms with van der Waals surface area (Å²) in [6.07, 6.45) is 3.01. The van der Waals surface area contributed by atoms with Crippen molar-refractivity contribution in [3.05, 3.63) is 35.8 Å². The lowest BCUT2D eigenvalue weighted by Crippen LogP contribution is -2.34. The van der Waals surface area contributed by atoms with Crippen LogP contribution in [0.15, 0.2) is 34.5 Å². The predicted molar refractivity (Wildman–Crippen MR) is 65.3 cm³/mol. The Morgan fingerprint density at radius 1 is 1.65 bits per heavy atom. The maximum absolute atomic E-state index is 11.6. The number of carbonyl (C=O) groups is 1. The van der Waals surface area contributed by atoms with Crippen molar-refractivity contribution >= 4 is 5.91 Å². The van der Waals surface area contributed by atoms with Gasteiger partial charge in [-0.2, -0.15) is 0 Å². The second-order valence-corrected chi connectivity index (χ2v) is 4.11. The zero-order valence-corrected chi connectivity index (χ0v) is 10.4. The normalized spacial score (nSPS) is 15.4. The third-order valence-corrected chi connectivity index (χ3v) is 2.62. The van der Waals surface area contributed by atoms with Crippen LogP contribution in [0.1, 0.15) is 39.1 Å². The van der Waals surface area contributed by atoms with E-state index in [0.717, 1.165) is 0 Å². The highest BCUT2D eigenvalue weighted by Crippen LogP contribution is 2.18. The highest BCUT2D eigenvalue weighted by molar-refractivity contribution is 5.92. The van der Waals surface area contributed by atoms with Crippen LogP contribution in [0.5, 0.6) is 0 Å². The Morgan fingerprint density at radius 2 is 2.35 bits per heavy atom. The minimum atomic E-state index is -0.689. The zero-order chi connectivity index (χ0) is 12.8. The van der Waals surface area contributed by atoms with Crippen LogP contribution in [-0.2, 0) is 4.79 Å². The summed E-state index contributed by atoms with van der Waals surface area (Å²) in [6, 6.07) is 3.33. The molecule has 0 bridgehead atoms. The molecule has 1 rings (SSSR count). The number of hydrogen-bond donors (Lipinski definition) is 2. The van der Waals surface area contributed by atoms with Crippen LogP contribution in [0.2, 0.25) is 0 Å². The molecule has 0 spiro atoms. The molecule has 1 aromatic heterocycles. The highest BCUT2D eigenvalue weighted by Gasteiger charge is 2.16. The lowest BCUT2D eigenvalue weighted by atomic mass is 10.1. The van der Waals surface area contributed by atoms with Crippen LogP contribution in [-0.4, -0.2) is 17.1 Å². The summed E-state index contributed by atoms with van der Waals surface area (Å²) in [5.41, 5.74) is 0.671. The van der Waals surface area contributed by atoms with E-state index in [9.17, 15) is 9.90 Å². The Hall–Kier alpha value is -1.55. The Labute approximate surface area is 101 Å². The molecule has 94 valence electrons. The first-order chi connectivity index (χ1) is 8.04. The summed E-state index contributed by atoms with van der Waals surface area (Å²) in [7, 11) is 0. The average Bonchev–Trinajstić information content (AvgIpc) is 2.80. The van der Waals surface area contributed by atoms with Crippen LogP contribution in [0, 0.1) is 0 Å². The molecule has 17 heavy (non-hydrogen) atoms. The molecule has 0 aliphatic carbocycles. The van der Waals surface area contributed by atoms with Gasteiger partial charge in [0.1, 0.15) is 11.9 Å². The van der Waals surface area contributed by atoms with Gasteiger partial charge in [0.2, 0.25) is 5.91 Å². The molecule has 1 heterocycles. The molecule has 2 N–H and O–H groups in total. The fraction of sp³-hybridized carbons (Fsp3) is 0.462. The molecule has 0 aliphatic rings. The molecule has 0 aromatic carbocycles. The number of carbonyl (C=O) groups excluding carboxylic acids is 1. The summed E-state index contributed by atoms with van der Waals surface area (Å²) in [6.45, 7) is 5.43. The van der Waals surface area contributed by atoms with Gasteiger partial charge in [0.05, 0.1) is 6.26 Å². The van der Waals surface area contributed by atoms with Gasteiger partial charge in [-0.25, -0.2) is 0 Å². The molecule has 1 amide bonds. The number of amides is 1. The van der Waals surface area contributed by atoms with E-state index in [4.69, 9.17) is 4.42 Å². The van der Waals surface area contributed by atoms with Gasteiger partial charge in [-0.15, -0.1) is 0 Å². The van der Waals surface area contributed by atoms with Gasteiger partial charge >= 0.3 is 0 Å². The van der Waals surface area contributed by atoms with E-state index in [1.54, 1.807) is 25.1 Å². The third kappa shape index (κ3) is 4.07. The van der Waals surface area contributed by atoms with Crippen LogP contribution in [0.3, 0.4) is 0 Å². The quantitative estimate of drug-likeness (QED) is 0.771. The lowest BCUT2D eigenvalue weighted by molar-refractivity contribution is -0.118. The van der Waals surface area contributed by atoms with Crippen molar-refractivity contribution in [1.82, 2.24) is 5.32 Å². The maximum Gasteiger partial charge on any atom is 0.246 e. The third-order valence-electron chi connectivity index (χ3n) is 2.62. The smallest absolute Gasteiger partial charge is 0.246 e. The fourth-order valence-electron chi connectivity index (χ4n) is 1.46. The van der Waals surface area contributed by atoms with Crippen molar-refractivity contribution in [2.45, 2.75) is 39.3 Å². The lowest BCUT2D eigenvalue weighted by Gasteiger charge is -2.16. The standard InChI is InChI=1S/C13H19NO3/c1-4-9(2)13(16)14-10(3)8-11(15)12-6-5-7-17-12/h4-7,10-11,15H,8H2,1-3H3,(H,14,16)/b9-4-. The number of allylic oxidation sites excluding steroid dienone is 1. The molecule has 4 heteroatoms. The predicted octanol–water partition coefficient (Wildman–Crippen LogP) is 2.17. The van der Waals surface area contributed by atoms with Crippen molar-refractivity contribution in [2.24, 2.45) is 0 Å². The minimum Gasteiger partial charge on any atom is -0.467 e. The monoisotopic (exact) mass is 237 g/mol. The summed E-state index contributed by atoms with van der Waals surface area (Å²) < 4.78 is 5.10. The first-order valence-electron chi connectivity index (χ1n) is 5.69. The first kappa shape index (κ1) is 13.5. The van der Waals surface area contributed by atoms with Crippen molar-refractivity contribution in [1.29, 1.82) is 0 Å². The number of hydrogen-bond acceptors (Lipinski definition) is 3. The number of aliphatic hydroxyl groups is 1. The minimum absolute atomic E-state index is 0.105. The largest absolute Gasteiger partial charge is 0.467 e.